The first-order valence-corrected chi connectivity index (χ1v) is 9.78. The Kier molecular flexibility index (Phi) is 5.09. The number of pyridine rings is 2. The summed E-state index contributed by atoms with van der Waals surface area (Å²) in [6.07, 6.45) is 4.42. The highest BCUT2D eigenvalue weighted by Crippen LogP contribution is 2.28. The Hall–Kier alpha value is -3.53. The molecule has 0 atom stereocenters. The number of benzene rings is 2. The van der Waals surface area contributed by atoms with Gasteiger partial charge in [0.1, 0.15) is 0 Å². The van der Waals surface area contributed by atoms with E-state index in [1.165, 1.54) is 5.56 Å². The summed E-state index contributed by atoms with van der Waals surface area (Å²) in [4.78, 5) is 22.3. The number of rotatable bonds is 4. The Morgan fingerprint density at radius 2 is 1.90 bits per heavy atom. The van der Waals surface area contributed by atoms with Gasteiger partial charge in [0, 0.05) is 29.0 Å². The van der Waals surface area contributed by atoms with Gasteiger partial charge < -0.3 is 5.32 Å². The minimum absolute atomic E-state index is 0.140. The molecule has 0 saturated carbocycles. The number of nitrogens with one attached hydrogen (secondary N) is 1. The SMILES string of the molecule is CCc1cccc(NC(=O)c2cc(-c3cccnc3)nc3c(C)c(C)ccc23)c1. The van der Waals surface area contributed by atoms with Crippen LogP contribution in [-0.2, 0) is 6.42 Å². The van der Waals surface area contributed by atoms with E-state index in [9.17, 15) is 4.79 Å². The van der Waals surface area contributed by atoms with E-state index in [0.29, 0.717) is 5.56 Å². The third kappa shape index (κ3) is 3.74. The fourth-order valence-corrected chi connectivity index (χ4v) is 3.45. The zero-order chi connectivity index (χ0) is 20.4. The van der Waals surface area contributed by atoms with Crippen LogP contribution in [0.5, 0.6) is 0 Å². The topological polar surface area (TPSA) is 54.9 Å². The number of hydrogen-bond acceptors (Lipinski definition) is 3. The lowest BCUT2D eigenvalue weighted by atomic mass is 9.99. The molecule has 1 N–H and O–H groups in total. The van der Waals surface area contributed by atoms with Gasteiger partial charge in [0.25, 0.3) is 5.91 Å². The molecule has 0 aliphatic heterocycles. The third-order valence-corrected chi connectivity index (χ3v) is 5.30. The molecule has 144 valence electrons. The van der Waals surface area contributed by atoms with Crippen LogP contribution in [-0.4, -0.2) is 15.9 Å². The van der Waals surface area contributed by atoms with Crippen LogP contribution < -0.4 is 5.32 Å². The molecule has 0 spiro atoms. The lowest BCUT2D eigenvalue weighted by Crippen LogP contribution is -2.13. The molecular weight excluding hydrogens is 358 g/mol. The first-order chi connectivity index (χ1) is 14.1. The standard InChI is InChI=1S/C25H23N3O/c1-4-18-7-5-9-20(13-18)27-25(29)22-14-23(19-8-6-12-26-15-19)28-24-17(3)16(2)10-11-21(22)24/h5-15H,4H2,1-3H3,(H,27,29). The van der Waals surface area contributed by atoms with Crippen molar-refractivity contribution in [2.75, 3.05) is 5.32 Å². The van der Waals surface area contributed by atoms with Gasteiger partial charge in [-0.1, -0.05) is 31.2 Å². The first-order valence-electron chi connectivity index (χ1n) is 9.78. The second-order valence-electron chi connectivity index (χ2n) is 7.21. The molecule has 1 amide bonds. The van der Waals surface area contributed by atoms with E-state index in [4.69, 9.17) is 4.98 Å². The van der Waals surface area contributed by atoms with Gasteiger partial charge in [-0.3, -0.25) is 9.78 Å². The van der Waals surface area contributed by atoms with Crippen molar-refractivity contribution in [3.05, 3.63) is 89.2 Å². The summed E-state index contributed by atoms with van der Waals surface area (Å²) in [6, 6.07) is 17.7. The highest BCUT2D eigenvalue weighted by atomic mass is 16.1. The molecule has 0 bridgehead atoms. The minimum atomic E-state index is -0.140. The first kappa shape index (κ1) is 18.8. The quantitative estimate of drug-likeness (QED) is 0.491. The molecule has 2 aromatic carbocycles. The number of nitrogens with zero attached hydrogens (tertiary/aromatic N) is 2. The fraction of sp³-hybridized carbons (Fsp3) is 0.160. The van der Waals surface area contributed by atoms with E-state index in [1.54, 1.807) is 12.4 Å². The molecule has 29 heavy (non-hydrogen) atoms. The van der Waals surface area contributed by atoms with Crippen molar-refractivity contribution in [1.29, 1.82) is 0 Å². The summed E-state index contributed by atoms with van der Waals surface area (Å²) in [6.45, 7) is 6.20. The van der Waals surface area contributed by atoms with Crippen LogP contribution in [0.1, 0.15) is 34.0 Å². The van der Waals surface area contributed by atoms with Crippen LogP contribution in [0.25, 0.3) is 22.2 Å². The van der Waals surface area contributed by atoms with Crippen LogP contribution in [0.4, 0.5) is 5.69 Å². The van der Waals surface area contributed by atoms with Crippen molar-refractivity contribution in [1.82, 2.24) is 9.97 Å². The van der Waals surface area contributed by atoms with Gasteiger partial charge in [0.2, 0.25) is 0 Å². The Labute approximate surface area is 170 Å². The third-order valence-electron chi connectivity index (χ3n) is 5.30. The summed E-state index contributed by atoms with van der Waals surface area (Å²) in [5, 5.41) is 3.91. The van der Waals surface area contributed by atoms with E-state index in [0.717, 1.165) is 45.4 Å². The normalized spacial score (nSPS) is 10.9. The number of carbonyl (C=O) groups is 1. The van der Waals surface area contributed by atoms with Gasteiger partial charge >= 0.3 is 0 Å². The van der Waals surface area contributed by atoms with Gasteiger partial charge in [-0.25, -0.2) is 4.98 Å². The van der Waals surface area contributed by atoms with Gasteiger partial charge in [-0.05, 0) is 67.3 Å². The van der Waals surface area contributed by atoms with Crippen LogP contribution in [0.2, 0.25) is 0 Å². The van der Waals surface area contributed by atoms with E-state index >= 15 is 0 Å². The van der Waals surface area contributed by atoms with Crippen molar-refractivity contribution in [2.45, 2.75) is 27.2 Å². The predicted octanol–water partition coefficient (Wildman–Crippen LogP) is 5.73. The highest BCUT2D eigenvalue weighted by molar-refractivity contribution is 6.13. The number of anilines is 1. The zero-order valence-corrected chi connectivity index (χ0v) is 16.9. The largest absolute Gasteiger partial charge is 0.322 e. The summed E-state index contributed by atoms with van der Waals surface area (Å²) in [5.74, 6) is -0.140. The molecule has 0 radical (unpaired) electrons. The summed E-state index contributed by atoms with van der Waals surface area (Å²) in [5.41, 5.74) is 7.29. The van der Waals surface area contributed by atoms with E-state index < -0.39 is 0 Å². The molecule has 4 nitrogen and oxygen atoms in total. The number of carbonyl (C=O) groups excluding carboxylic acids is 1. The van der Waals surface area contributed by atoms with E-state index in [2.05, 4.69) is 30.2 Å². The maximum atomic E-state index is 13.3. The van der Waals surface area contributed by atoms with Crippen LogP contribution in [0, 0.1) is 13.8 Å². The number of fused-ring (bicyclic) bond motifs is 1. The highest BCUT2D eigenvalue weighted by Gasteiger charge is 2.16. The van der Waals surface area contributed by atoms with E-state index in [-0.39, 0.29) is 5.91 Å². The summed E-state index contributed by atoms with van der Waals surface area (Å²) >= 11 is 0. The second kappa shape index (κ2) is 7.84. The van der Waals surface area contributed by atoms with Crippen LogP contribution >= 0.6 is 0 Å². The lowest BCUT2D eigenvalue weighted by Gasteiger charge is -2.13. The van der Waals surface area contributed by atoms with Crippen molar-refractivity contribution >= 4 is 22.5 Å². The molecule has 0 aliphatic rings. The molecule has 4 aromatic rings. The molecule has 4 rings (SSSR count). The Morgan fingerprint density at radius 3 is 2.66 bits per heavy atom. The Morgan fingerprint density at radius 1 is 1.03 bits per heavy atom. The molecular formula is C25H23N3O. The lowest BCUT2D eigenvalue weighted by molar-refractivity contribution is 0.102. The fourth-order valence-electron chi connectivity index (χ4n) is 3.45. The van der Waals surface area contributed by atoms with E-state index in [1.807, 2.05) is 55.5 Å². The molecule has 2 aromatic heterocycles. The second-order valence-corrected chi connectivity index (χ2v) is 7.21. The molecule has 0 unspecified atom stereocenters. The molecule has 4 heteroatoms. The van der Waals surface area contributed by atoms with Gasteiger partial charge in [-0.2, -0.15) is 0 Å². The average molecular weight is 381 g/mol. The number of hydrogen-bond donors (Lipinski definition) is 1. The minimum Gasteiger partial charge on any atom is -0.322 e. The smallest absolute Gasteiger partial charge is 0.256 e. The van der Waals surface area contributed by atoms with Crippen molar-refractivity contribution in [3.63, 3.8) is 0 Å². The monoisotopic (exact) mass is 381 g/mol. The van der Waals surface area contributed by atoms with Crippen LogP contribution in [0.15, 0.2) is 67.0 Å². The molecule has 0 aliphatic carbocycles. The molecule has 0 fully saturated rings. The number of amides is 1. The number of aryl methyl sites for hydroxylation is 3. The summed E-state index contributed by atoms with van der Waals surface area (Å²) in [7, 11) is 0. The Balaban J connectivity index is 1.85. The maximum Gasteiger partial charge on any atom is 0.256 e. The van der Waals surface area contributed by atoms with Crippen LogP contribution in [0.3, 0.4) is 0 Å². The Bertz CT molecular complexity index is 1200. The molecule has 2 heterocycles. The molecule has 0 saturated heterocycles. The number of aromatic nitrogens is 2. The maximum absolute atomic E-state index is 13.3. The van der Waals surface area contributed by atoms with Crippen molar-refractivity contribution < 1.29 is 4.79 Å². The van der Waals surface area contributed by atoms with Gasteiger partial charge in [0.15, 0.2) is 0 Å². The van der Waals surface area contributed by atoms with Gasteiger partial charge in [0.05, 0.1) is 16.8 Å². The van der Waals surface area contributed by atoms with Crippen molar-refractivity contribution in [2.24, 2.45) is 0 Å². The zero-order valence-electron chi connectivity index (χ0n) is 16.9. The average Bonchev–Trinajstić information content (AvgIpc) is 2.76. The van der Waals surface area contributed by atoms with Gasteiger partial charge in [-0.15, -0.1) is 0 Å². The predicted molar refractivity (Wildman–Crippen MR) is 118 cm³/mol. The summed E-state index contributed by atoms with van der Waals surface area (Å²) < 4.78 is 0. The van der Waals surface area contributed by atoms with Crippen molar-refractivity contribution in [3.8, 4) is 11.3 Å².